The smallest absolute Gasteiger partial charge is 0.271 e. The highest BCUT2D eigenvalue weighted by Crippen LogP contribution is 2.65. The van der Waals surface area contributed by atoms with Crippen LogP contribution in [0.15, 0.2) is 36.4 Å². The number of hydrogen-bond donors (Lipinski definition) is 3. The Bertz CT molecular complexity index is 1020. The van der Waals surface area contributed by atoms with Gasteiger partial charge in [0.2, 0.25) is 11.8 Å². The Labute approximate surface area is 197 Å². The van der Waals surface area contributed by atoms with Crippen LogP contribution < -0.4 is 16.2 Å². The molecule has 158 valence electrons. The molecule has 2 unspecified atom stereocenters. The number of rotatable bonds is 4. The van der Waals surface area contributed by atoms with Crippen molar-refractivity contribution < 1.29 is 14.4 Å². The molecule has 1 fully saturated rings. The van der Waals surface area contributed by atoms with Crippen molar-refractivity contribution in [3.05, 3.63) is 62.6 Å². The highest BCUT2D eigenvalue weighted by molar-refractivity contribution is 6.53. The fraction of sp³-hybridized carbons (Fsp3) is 0.211. The van der Waals surface area contributed by atoms with Gasteiger partial charge in [-0.3, -0.25) is 25.2 Å². The van der Waals surface area contributed by atoms with E-state index < -0.39 is 33.9 Å². The van der Waals surface area contributed by atoms with E-state index in [2.05, 4.69) is 16.2 Å². The van der Waals surface area contributed by atoms with Crippen molar-refractivity contribution in [3.63, 3.8) is 0 Å². The molecular weight excluding hydrogens is 495 g/mol. The Morgan fingerprint density at radius 2 is 1.57 bits per heavy atom. The molecule has 6 nitrogen and oxygen atoms in total. The van der Waals surface area contributed by atoms with E-state index in [4.69, 9.17) is 58.0 Å². The van der Waals surface area contributed by atoms with Crippen LogP contribution in [0.2, 0.25) is 15.1 Å². The predicted octanol–water partition coefficient (Wildman–Crippen LogP) is 4.95. The third-order valence-corrected chi connectivity index (χ3v) is 6.12. The molecule has 0 aliphatic heterocycles. The van der Waals surface area contributed by atoms with Crippen LogP contribution in [0.5, 0.6) is 0 Å². The second-order valence-electron chi connectivity index (χ2n) is 6.65. The van der Waals surface area contributed by atoms with Gasteiger partial charge in [0.25, 0.3) is 5.91 Å². The molecule has 0 spiro atoms. The molecule has 30 heavy (non-hydrogen) atoms. The number of anilines is 1. The Balaban J connectivity index is 1.77. The van der Waals surface area contributed by atoms with Crippen LogP contribution in [0.25, 0.3) is 0 Å². The molecule has 1 saturated carbocycles. The SMILES string of the molecule is CC(=O)NNC(=O)c1cc(NC(=O)C2C(c3cc(Cl)cc(Cl)c3)C2(Cl)Cl)ccc1Cl. The van der Waals surface area contributed by atoms with Gasteiger partial charge in [-0.15, -0.1) is 23.2 Å². The van der Waals surface area contributed by atoms with Crippen molar-refractivity contribution >= 4 is 81.4 Å². The summed E-state index contributed by atoms with van der Waals surface area (Å²) in [6, 6.07) is 9.20. The third kappa shape index (κ3) is 4.95. The lowest BCUT2D eigenvalue weighted by atomic mass is 10.1. The van der Waals surface area contributed by atoms with Crippen molar-refractivity contribution in [2.45, 2.75) is 17.2 Å². The summed E-state index contributed by atoms with van der Waals surface area (Å²) in [5, 5.41) is 3.62. The molecule has 0 bridgehead atoms. The first kappa shape index (κ1) is 23.0. The van der Waals surface area contributed by atoms with Crippen molar-refractivity contribution in [2.24, 2.45) is 5.92 Å². The number of carbonyl (C=O) groups is 3. The summed E-state index contributed by atoms with van der Waals surface area (Å²) in [6.07, 6.45) is 0. The lowest BCUT2D eigenvalue weighted by molar-refractivity contribution is -0.119. The fourth-order valence-corrected chi connectivity index (χ4v) is 4.61. The van der Waals surface area contributed by atoms with E-state index in [1.54, 1.807) is 18.2 Å². The molecule has 11 heteroatoms. The van der Waals surface area contributed by atoms with E-state index in [1.165, 1.54) is 25.1 Å². The molecule has 3 amide bonds. The van der Waals surface area contributed by atoms with Gasteiger partial charge in [-0.05, 0) is 42.0 Å². The minimum Gasteiger partial charge on any atom is -0.326 e. The van der Waals surface area contributed by atoms with Crippen molar-refractivity contribution in [1.82, 2.24) is 10.9 Å². The summed E-state index contributed by atoms with van der Waals surface area (Å²) in [4.78, 5) is 35.9. The number of carbonyl (C=O) groups excluding carboxylic acids is 3. The van der Waals surface area contributed by atoms with Crippen molar-refractivity contribution in [2.75, 3.05) is 5.32 Å². The van der Waals surface area contributed by atoms with Gasteiger partial charge in [0.15, 0.2) is 0 Å². The Morgan fingerprint density at radius 3 is 2.17 bits per heavy atom. The lowest BCUT2D eigenvalue weighted by Gasteiger charge is -2.10. The molecule has 1 aliphatic carbocycles. The van der Waals surface area contributed by atoms with Gasteiger partial charge in [0.1, 0.15) is 4.33 Å². The Morgan fingerprint density at radius 1 is 0.933 bits per heavy atom. The maximum atomic E-state index is 12.8. The van der Waals surface area contributed by atoms with E-state index in [-0.39, 0.29) is 10.6 Å². The molecule has 1 aliphatic rings. The molecule has 2 atom stereocenters. The van der Waals surface area contributed by atoms with Crippen LogP contribution >= 0.6 is 58.0 Å². The predicted molar refractivity (Wildman–Crippen MR) is 118 cm³/mol. The second kappa shape index (κ2) is 8.81. The maximum Gasteiger partial charge on any atom is 0.271 e. The summed E-state index contributed by atoms with van der Waals surface area (Å²) < 4.78 is -1.34. The summed E-state index contributed by atoms with van der Waals surface area (Å²) >= 11 is 30.8. The van der Waals surface area contributed by atoms with Gasteiger partial charge in [0, 0.05) is 28.6 Å². The van der Waals surface area contributed by atoms with E-state index >= 15 is 0 Å². The van der Waals surface area contributed by atoms with Gasteiger partial charge in [0.05, 0.1) is 16.5 Å². The zero-order valence-electron chi connectivity index (χ0n) is 15.2. The molecule has 2 aromatic carbocycles. The van der Waals surface area contributed by atoms with E-state index in [0.29, 0.717) is 21.3 Å². The van der Waals surface area contributed by atoms with Crippen molar-refractivity contribution in [1.29, 1.82) is 0 Å². The topological polar surface area (TPSA) is 87.3 Å². The highest BCUT2D eigenvalue weighted by Gasteiger charge is 2.67. The zero-order valence-corrected chi connectivity index (χ0v) is 19.0. The summed E-state index contributed by atoms with van der Waals surface area (Å²) in [7, 11) is 0. The lowest BCUT2D eigenvalue weighted by Crippen LogP contribution is -2.40. The highest BCUT2D eigenvalue weighted by atomic mass is 35.5. The number of benzene rings is 2. The normalized spacial score (nSPS) is 19.0. The average Bonchev–Trinajstić information content (AvgIpc) is 3.22. The number of nitrogens with one attached hydrogen (secondary N) is 3. The van der Waals surface area contributed by atoms with Gasteiger partial charge in [-0.1, -0.05) is 34.8 Å². The zero-order chi connectivity index (χ0) is 22.2. The number of hydrogen-bond acceptors (Lipinski definition) is 3. The molecular formula is C19H14Cl5N3O3. The Hall–Kier alpha value is -1.70. The number of amides is 3. The monoisotopic (exact) mass is 507 g/mol. The minimum atomic E-state index is -1.34. The van der Waals surface area contributed by atoms with E-state index in [0.717, 1.165) is 0 Å². The first-order valence-electron chi connectivity index (χ1n) is 8.52. The summed E-state index contributed by atoms with van der Waals surface area (Å²) in [5.41, 5.74) is 5.37. The molecule has 3 N–H and O–H groups in total. The van der Waals surface area contributed by atoms with E-state index in [1.807, 2.05) is 0 Å². The van der Waals surface area contributed by atoms with Crippen LogP contribution in [0.1, 0.15) is 28.8 Å². The Kier molecular flexibility index (Phi) is 6.75. The first-order chi connectivity index (χ1) is 14.0. The standard InChI is InChI=1S/C19H14Cl5N3O3/c1-8(28)26-27-17(29)13-7-12(2-3-14(13)22)25-18(30)16-15(19(16,23)24)9-4-10(20)6-11(21)5-9/h2-7,15-16H,1H3,(H,25,30)(H,26,28)(H,27,29). The van der Waals surface area contributed by atoms with Gasteiger partial charge < -0.3 is 5.32 Å². The summed E-state index contributed by atoms with van der Waals surface area (Å²) in [5.74, 6) is -2.82. The third-order valence-electron chi connectivity index (χ3n) is 4.41. The van der Waals surface area contributed by atoms with Gasteiger partial charge >= 0.3 is 0 Å². The molecule has 2 aromatic rings. The molecule has 0 saturated heterocycles. The minimum absolute atomic E-state index is 0.0557. The van der Waals surface area contributed by atoms with Crippen LogP contribution in [-0.4, -0.2) is 22.1 Å². The quantitative estimate of drug-likeness (QED) is 0.403. The van der Waals surface area contributed by atoms with Gasteiger partial charge in [-0.2, -0.15) is 0 Å². The summed E-state index contributed by atoms with van der Waals surface area (Å²) in [6.45, 7) is 1.24. The first-order valence-corrected chi connectivity index (χ1v) is 10.4. The second-order valence-corrected chi connectivity index (χ2v) is 9.38. The molecule has 0 heterocycles. The van der Waals surface area contributed by atoms with Crippen molar-refractivity contribution in [3.8, 4) is 0 Å². The molecule has 3 rings (SSSR count). The van der Waals surface area contributed by atoms with Crippen LogP contribution in [0.3, 0.4) is 0 Å². The largest absolute Gasteiger partial charge is 0.326 e. The average molecular weight is 510 g/mol. The van der Waals surface area contributed by atoms with Gasteiger partial charge in [-0.25, -0.2) is 0 Å². The number of halogens is 5. The molecule has 0 aromatic heterocycles. The molecule has 0 radical (unpaired) electrons. The number of alkyl halides is 2. The van der Waals surface area contributed by atoms with E-state index in [9.17, 15) is 14.4 Å². The van der Waals surface area contributed by atoms with Crippen LogP contribution in [0, 0.1) is 5.92 Å². The number of hydrazine groups is 1. The van der Waals surface area contributed by atoms with Crippen LogP contribution in [-0.2, 0) is 9.59 Å². The van der Waals surface area contributed by atoms with Crippen LogP contribution in [0.4, 0.5) is 5.69 Å². The maximum absolute atomic E-state index is 12.8. The fourth-order valence-electron chi connectivity index (χ4n) is 3.03.